The third kappa shape index (κ3) is 1.87. The average Bonchev–Trinajstić information content (AvgIpc) is 2.08. The van der Waals surface area contributed by atoms with Crippen LogP contribution in [0.3, 0.4) is 0 Å². The summed E-state index contributed by atoms with van der Waals surface area (Å²) in [6.07, 6.45) is 0. The van der Waals surface area contributed by atoms with Crippen LogP contribution in [0.4, 0.5) is 4.39 Å². The molecule has 0 aromatic heterocycles. The van der Waals surface area contributed by atoms with E-state index < -0.39 is 0 Å². The fraction of sp³-hybridized carbons (Fsp3) is 0.111. The van der Waals surface area contributed by atoms with E-state index in [1.807, 2.05) is 0 Å². The minimum atomic E-state index is -0.303. The zero-order valence-electron chi connectivity index (χ0n) is 6.28. The smallest absolute Gasteiger partial charge is 0.144 e. The van der Waals surface area contributed by atoms with Gasteiger partial charge in [-0.1, -0.05) is 18.7 Å². The van der Waals surface area contributed by atoms with Crippen molar-refractivity contribution < 1.29 is 4.39 Å². The van der Waals surface area contributed by atoms with Gasteiger partial charge < -0.3 is 0 Å². The van der Waals surface area contributed by atoms with E-state index in [0.717, 1.165) is 0 Å². The molecule has 1 aromatic carbocycles. The first-order chi connectivity index (χ1) is 5.66. The van der Waals surface area contributed by atoms with Gasteiger partial charge in [-0.15, -0.1) is 11.6 Å². The molecule has 12 heavy (non-hydrogen) atoms. The number of allylic oxidation sites excluding steroid dienone is 1. The highest BCUT2D eigenvalue weighted by Crippen LogP contribution is 2.23. The van der Waals surface area contributed by atoms with Gasteiger partial charge in [-0.25, -0.2) is 4.39 Å². The number of halogens is 3. The second-order valence-corrected chi connectivity index (χ2v) is 3.46. The molecular weight excluding hydrogens is 242 g/mol. The molecular formula is C9H7BrClF. The monoisotopic (exact) mass is 248 g/mol. The summed E-state index contributed by atoms with van der Waals surface area (Å²) in [6, 6.07) is 5.05. The summed E-state index contributed by atoms with van der Waals surface area (Å²) in [4.78, 5) is 0. The molecule has 0 heterocycles. The van der Waals surface area contributed by atoms with Crippen LogP contribution < -0.4 is 0 Å². The molecule has 1 aromatic rings. The van der Waals surface area contributed by atoms with Crippen LogP contribution in [-0.2, 0) is 0 Å². The normalized spacial score (nSPS) is 9.92. The van der Waals surface area contributed by atoms with Crippen molar-refractivity contribution in [3.8, 4) is 0 Å². The fourth-order valence-electron chi connectivity index (χ4n) is 0.849. The van der Waals surface area contributed by atoms with Gasteiger partial charge >= 0.3 is 0 Å². The van der Waals surface area contributed by atoms with Crippen LogP contribution in [0.5, 0.6) is 0 Å². The summed E-state index contributed by atoms with van der Waals surface area (Å²) in [5, 5.41) is 0. The number of hydrogen-bond donors (Lipinski definition) is 0. The van der Waals surface area contributed by atoms with Gasteiger partial charge in [0, 0.05) is 11.4 Å². The van der Waals surface area contributed by atoms with Crippen LogP contribution in [0.2, 0.25) is 0 Å². The van der Waals surface area contributed by atoms with Crippen molar-refractivity contribution >= 4 is 33.1 Å². The van der Waals surface area contributed by atoms with Crippen LogP contribution in [0.1, 0.15) is 5.56 Å². The molecule has 0 radical (unpaired) electrons. The molecule has 0 amide bonds. The largest absolute Gasteiger partial charge is 0.205 e. The van der Waals surface area contributed by atoms with Crippen molar-refractivity contribution in [2.24, 2.45) is 0 Å². The predicted octanol–water partition coefficient (Wildman–Crippen LogP) is 3.84. The standard InChI is InChI=1S/C9H7BrClF/c1-6(5-11)7-3-2-4-8(10)9(7)12/h2-4H,1,5H2. The Balaban J connectivity index is 3.16. The van der Waals surface area contributed by atoms with Crippen molar-refractivity contribution in [1.82, 2.24) is 0 Å². The maximum absolute atomic E-state index is 13.3. The minimum absolute atomic E-state index is 0.243. The Morgan fingerprint density at radius 1 is 1.58 bits per heavy atom. The Labute approximate surface area is 84.2 Å². The number of rotatable bonds is 2. The van der Waals surface area contributed by atoms with Crippen LogP contribution in [0.15, 0.2) is 29.3 Å². The molecule has 3 heteroatoms. The van der Waals surface area contributed by atoms with Gasteiger partial charge in [-0.05, 0) is 27.6 Å². The lowest BCUT2D eigenvalue weighted by Gasteiger charge is -2.04. The van der Waals surface area contributed by atoms with E-state index in [0.29, 0.717) is 15.6 Å². The van der Waals surface area contributed by atoms with Gasteiger partial charge in [0.2, 0.25) is 0 Å². The van der Waals surface area contributed by atoms with E-state index in [9.17, 15) is 4.39 Å². The first-order valence-corrected chi connectivity index (χ1v) is 4.67. The summed E-state index contributed by atoms with van der Waals surface area (Å²) in [7, 11) is 0. The lowest BCUT2D eigenvalue weighted by Crippen LogP contribution is -1.90. The Morgan fingerprint density at radius 3 is 2.83 bits per heavy atom. The Kier molecular flexibility index (Phi) is 3.29. The second kappa shape index (κ2) is 4.06. The van der Waals surface area contributed by atoms with Gasteiger partial charge in [-0.2, -0.15) is 0 Å². The van der Waals surface area contributed by atoms with Crippen molar-refractivity contribution in [1.29, 1.82) is 0 Å². The van der Waals surface area contributed by atoms with Crippen molar-refractivity contribution in [2.45, 2.75) is 0 Å². The van der Waals surface area contributed by atoms with Gasteiger partial charge in [0.15, 0.2) is 0 Å². The third-order valence-corrected chi connectivity index (χ3v) is 2.43. The maximum Gasteiger partial charge on any atom is 0.144 e. The van der Waals surface area contributed by atoms with Gasteiger partial charge in [0.25, 0.3) is 0 Å². The van der Waals surface area contributed by atoms with Gasteiger partial charge in [-0.3, -0.25) is 0 Å². The molecule has 0 saturated carbocycles. The molecule has 0 aliphatic carbocycles. The van der Waals surface area contributed by atoms with E-state index >= 15 is 0 Å². The lowest BCUT2D eigenvalue weighted by atomic mass is 10.1. The lowest BCUT2D eigenvalue weighted by molar-refractivity contribution is 0.617. The fourth-order valence-corrected chi connectivity index (χ4v) is 1.36. The van der Waals surface area contributed by atoms with Crippen LogP contribution in [0, 0.1) is 5.82 Å². The zero-order valence-corrected chi connectivity index (χ0v) is 8.62. The molecule has 0 nitrogen and oxygen atoms in total. The van der Waals surface area contributed by atoms with E-state index in [2.05, 4.69) is 22.5 Å². The quantitative estimate of drug-likeness (QED) is 0.699. The first-order valence-electron chi connectivity index (χ1n) is 3.35. The summed E-state index contributed by atoms with van der Waals surface area (Å²) >= 11 is 8.61. The molecule has 0 spiro atoms. The van der Waals surface area contributed by atoms with E-state index in [4.69, 9.17) is 11.6 Å². The summed E-state index contributed by atoms with van der Waals surface area (Å²) in [6.45, 7) is 3.65. The third-order valence-electron chi connectivity index (χ3n) is 1.49. The molecule has 0 aliphatic rings. The van der Waals surface area contributed by atoms with E-state index in [1.165, 1.54) is 0 Å². The topological polar surface area (TPSA) is 0 Å². The second-order valence-electron chi connectivity index (χ2n) is 2.34. The molecule has 0 bridgehead atoms. The Bertz CT molecular complexity index is 309. The van der Waals surface area contributed by atoms with Crippen molar-refractivity contribution in [2.75, 3.05) is 5.88 Å². The van der Waals surface area contributed by atoms with Crippen LogP contribution >= 0.6 is 27.5 Å². The molecule has 0 unspecified atom stereocenters. The van der Waals surface area contributed by atoms with E-state index in [1.54, 1.807) is 18.2 Å². The highest BCUT2D eigenvalue weighted by atomic mass is 79.9. The van der Waals surface area contributed by atoms with Gasteiger partial charge in [0.05, 0.1) is 4.47 Å². The number of hydrogen-bond acceptors (Lipinski definition) is 0. The highest BCUT2D eigenvalue weighted by molar-refractivity contribution is 9.10. The van der Waals surface area contributed by atoms with E-state index in [-0.39, 0.29) is 11.7 Å². The summed E-state index contributed by atoms with van der Waals surface area (Å²) in [5.41, 5.74) is 1.06. The SMILES string of the molecule is C=C(CCl)c1cccc(Br)c1F. The Hall–Kier alpha value is -0.340. The molecule has 0 atom stereocenters. The number of alkyl halides is 1. The molecule has 0 aliphatic heterocycles. The van der Waals surface area contributed by atoms with Crippen molar-refractivity contribution in [3.63, 3.8) is 0 Å². The summed E-state index contributed by atoms with van der Waals surface area (Å²) in [5.74, 6) is -0.0592. The maximum atomic E-state index is 13.3. The first kappa shape index (κ1) is 9.75. The average molecular weight is 250 g/mol. The van der Waals surface area contributed by atoms with Crippen molar-refractivity contribution in [3.05, 3.63) is 40.6 Å². The molecule has 0 N–H and O–H groups in total. The van der Waals surface area contributed by atoms with Gasteiger partial charge in [0.1, 0.15) is 5.82 Å². The van der Waals surface area contributed by atoms with Crippen LogP contribution in [0.25, 0.3) is 5.57 Å². The predicted molar refractivity (Wildman–Crippen MR) is 53.9 cm³/mol. The highest BCUT2D eigenvalue weighted by Gasteiger charge is 2.07. The molecule has 64 valence electrons. The zero-order chi connectivity index (χ0) is 9.14. The molecule has 0 fully saturated rings. The Morgan fingerprint density at radius 2 is 2.25 bits per heavy atom. The minimum Gasteiger partial charge on any atom is -0.205 e. The molecule has 1 rings (SSSR count). The number of benzene rings is 1. The summed E-state index contributed by atoms with van der Waals surface area (Å²) < 4.78 is 13.7. The van der Waals surface area contributed by atoms with Crippen LogP contribution in [-0.4, -0.2) is 5.88 Å². The molecule has 0 saturated heterocycles.